The normalized spacial score (nSPS) is 14.9. The van der Waals surface area contributed by atoms with Gasteiger partial charge in [-0.25, -0.2) is 4.39 Å². The van der Waals surface area contributed by atoms with E-state index in [9.17, 15) is 4.39 Å². The van der Waals surface area contributed by atoms with E-state index >= 15 is 0 Å². The number of hydrogen-bond donors (Lipinski definition) is 1. The molecule has 3 rings (SSSR count). The summed E-state index contributed by atoms with van der Waals surface area (Å²) in [6, 6.07) is 11.9. The third-order valence-electron chi connectivity index (χ3n) is 3.37. The molecule has 1 unspecified atom stereocenters. The molecule has 0 bridgehead atoms. The molecule has 1 heterocycles. The van der Waals surface area contributed by atoms with Gasteiger partial charge in [0.15, 0.2) is 11.5 Å². The molecule has 0 aliphatic carbocycles. The summed E-state index contributed by atoms with van der Waals surface area (Å²) in [5, 5.41) is 0. The lowest BCUT2D eigenvalue weighted by atomic mass is 9.98. The SMILES string of the molecule is NC(Cc1ccc(F)cc1)c1cccc2c1OCCO2. The average Bonchev–Trinajstić information content (AvgIpc) is 2.49. The zero-order chi connectivity index (χ0) is 13.9. The summed E-state index contributed by atoms with van der Waals surface area (Å²) < 4.78 is 24.1. The average molecular weight is 273 g/mol. The van der Waals surface area contributed by atoms with E-state index in [1.807, 2.05) is 18.2 Å². The number of fused-ring (bicyclic) bond motifs is 1. The van der Waals surface area contributed by atoms with Crippen LogP contribution >= 0.6 is 0 Å². The highest BCUT2D eigenvalue weighted by Crippen LogP contribution is 2.37. The molecule has 2 aromatic carbocycles. The van der Waals surface area contributed by atoms with E-state index in [1.54, 1.807) is 12.1 Å². The topological polar surface area (TPSA) is 44.5 Å². The summed E-state index contributed by atoms with van der Waals surface area (Å²) in [4.78, 5) is 0. The monoisotopic (exact) mass is 273 g/mol. The van der Waals surface area contributed by atoms with Crippen molar-refractivity contribution < 1.29 is 13.9 Å². The number of benzene rings is 2. The van der Waals surface area contributed by atoms with Crippen LogP contribution in [0.2, 0.25) is 0 Å². The summed E-state index contributed by atoms with van der Waals surface area (Å²) in [7, 11) is 0. The minimum Gasteiger partial charge on any atom is -0.486 e. The fourth-order valence-corrected chi connectivity index (χ4v) is 2.37. The summed E-state index contributed by atoms with van der Waals surface area (Å²) in [5.74, 6) is 1.23. The number of halogens is 1. The Labute approximate surface area is 117 Å². The molecule has 0 fully saturated rings. The predicted octanol–water partition coefficient (Wildman–Crippen LogP) is 2.84. The van der Waals surface area contributed by atoms with E-state index in [0.717, 1.165) is 22.6 Å². The maximum Gasteiger partial charge on any atom is 0.166 e. The number of hydrogen-bond acceptors (Lipinski definition) is 3. The van der Waals surface area contributed by atoms with Crippen LogP contribution in [-0.4, -0.2) is 13.2 Å². The van der Waals surface area contributed by atoms with Crippen LogP contribution < -0.4 is 15.2 Å². The number of nitrogens with two attached hydrogens (primary N) is 1. The van der Waals surface area contributed by atoms with Gasteiger partial charge < -0.3 is 15.2 Å². The van der Waals surface area contributed by atoms with Crippen LogP contribution in [0.3, 0.4) is 0 Å². The largest absolute Gasteiger partial charge is 0.486 e. The lowest BCUT2D eigenvalue weighted by Gasteiger charge is -2.23. The van der Waals surface area contributed by atoms with Gasteiger partial charge >= 0.3 is 0 Å². The lowest BCUT2D eigenvalue weighted by molar-refractivity contribution is 0.169. The van der Waals surface area contributed by atoms with Crippen molar-refractivity contribution in [2.24, 2.45) is 5.73 Å². The van der Waals surface area contributed by atoms with Crippen molar-refractivity contribution in [3.8, 4) is 11.5 Å². The van der Waals surface area contributed by atoms with Crippen molar-refractivity contribution in [2.75, 3.05) is 13.2 Å². The molecule has 0 saturated carbocycles. The smallest absolute Gasteiger partial charge is 0.166 e. The Morgan fingerprint density at radius 2 is 1.80 bits per heavy atom. The summed E-state index contributed by atoms with van der Waals surface area (Å²) in [6.45, 7) is 1.09. The van der Waals surface area contributed by atoms with Crippen molar-refractivity contribution in [1.82, 2.24) is 0 Å². The summed E-state index contributed by atoms with van der Waals surface area (Å²) in [6.07, 6.45) is 0.625. The molecule has 1 atom stereocenters. The fourth-order valence-electron chi connectivity index (χ4n) is 2.37. The minimum absolute atomic E-state index is 0.211. The molecule has 0 radical (unpaired) electrons. The van der Waals surface area contributed by atoms with E-state index in [0.29, 0.717) is 19.6 Å². The highest BCUT2D eigenvalue weighted by atomic mass is 19.1. The minimum atomic E-state index is -0.240. The van der Waals surface area contributed by atoms with Crippen LogP contribution in [0.4, 0.5) is 4.39 Å². The van der Waals surface area contributed by atoms with Gasteiger partial charge in [0.25, 0.3) is 0 Å². The Bertz CT molecular complexity index is 598. The number of para-hydroxylation sites is 1. The van der Waals surface area contributed by atoms with E-state index in [1.165, 1.54) is 12.1 Å². The molecule has 4 heteroatoms. The fraction of sp³-hybridized carbons (Fsp3) is 0.250. The highest BCUT2D eigenvalue weighted by Gasteiger charge is 2.19. The van der Waals surface area contributed by atoms with E-state index in [-0.39, 0.29) is 11.9 Å². The molecule has 1 aliphatic rings. The van der Waals surface area contributed by atoms with Gasteiger partial charge in [-0.1, -0.05) is 24.3 Å². The third kappa shape index (κ3) is 2.60. The van der Waals surface area contributed by atoms with E-state index in [4.69, 9.17) is 15.2 Å². The van der Waals surface area contributed by atoms with Gasteiger partial charge in [-0.2, -0.15) is 0 Å². The molecule has 3 nitrogen and oxygen atoms in total. The van der Waals surface area contributed by atoms with Crippen molar-refractivity contribution in [2.45, 2.75) is 12.5 Å². The Morgan fingerprint density at radius 1 is 1.05 bits per heavy atom. The van der Waals surface area contributed by atoms with Gasteiger partial charge in [-0.15, -0.1) is 0 Å². The van der Waals surface area contributed by atoms with Crippen LogP contribution in [0, 0.1) is 5.82 Å². The Balaban J connectivity index is 1.83. The van der Waals surface area contributed by atoms with E-state index in [2.05, 4.69) is 0 Å². The predicted molar refractivity (Wildman–Crippen MR) is 74.5 cm³/mol. The molecule has 20 heavy (non-hydrogen) atoms. The lowest BCUT2D eigenvalue weighted by Crippen LogP contribution is -2.20. The van der Waals surface area contributed by atoms with Crippen LogP contribution in [0.25, 0.3) is 0 Å². The first-order valence-electron chi connectivity index (χ1n) is 6.62. The Morgan fingerprint density at radius 3 is 2.60 bits per heavy atom. The third-order valence-corrected chi connectivity index (χ3v) is 3.37. The first-order chi connectivity index (χ1) is 9.74. The van der Waals surface area contributed by atoms with E-state index < -0.39 is 0 Å². The molecule has 0 spiro atoms. The maximum atomic E-state index is 12.9. The van der Waals surface area contributed by atoms with Gasteiger partial charge in [-0.05, 0) is 30.2 Å². The zero-order valence-corrected chi connectivity index (χ0v) is 11.0. The second-order valence-corrected chi connectivity index (χ2v) is 4.81. The second-order valence-electron chi connectivity index (χ2n) is 4.81. The molecular formula is C16H16FNO2. The summed E-state index contributed by atoms with van der Waals surface area (Å²) in [5.41, 5.74) is 8.18. The second kappa shape index (κ2) is 5.51. The zero-order valence-electron chi connectivity index (χ0n) is 11.0. The van der Waals surface area contributed by atoms with Gasteiger partial charge in [0.2, 0.25) is 0 Å². The molecule has 2 N–H and O–H groups in total. The van der Waals surface area contributed by atoms with Gasteiger partial charge in [-0.3, -0.25) is 0 Å². The molecule has 0 aromatic heterocycles. The molecule has 2 aromatic rings. The van der Waals surface area contributed by atoms with Gasteiger partial charge in [0.1, 0.15) is 19.0 Å². The van der Waals surface area contributed by atoms with Crippen LogP contribution in [0.15, 0.2) is 42.5 Å². The van der Waals surface area contributed by atoms with Gasteiger partial charge in [0, 0.05) is 11.6 Å². The van der Waals surface area contributed by atoms with Crippen LogP contribution in [0.1, 0.15) is 17.2 Å². The molecular weight excluding hydrogens is 257 g/mol. The van der Waals surface area contributed by atoms with Crippen molar-refractivity contribution >= 4 is 0 Å². The van der Waals surface area contributed by atoms with Crippen LogP contribution in [0.5, 0.6) is 11.5 Å². The highest BCUT2D eigenvalue weighted by molar-refractivity contribution is 5.49. The van der Waals surface area contributed by atoms with Crippen LogP contribution in [-0.2, 0) is 6.42 Å². The maximum absolute atomic E-state index is 12.9. The quantitative estimate of drug-likeness (QED) is 0.935. The van der Waals surface area contributed by atoms with Gasteiger partial charge in [0.05, 0.1) is 0 Å². The Kier molecular flexibility index (Phi) is 3.56. The number of rotatable bonds is 3. The Hall–Kier alpha value is -2.07. The molecule has 0 saturated heterocycles. The van der Waals surface area contributed by atoms with Crippen molar-refractivity contribution in [3.05, 3.63) is 59.4 Å². The first-order valence-corrected chi connectivity index (χ1v) is 6.62. The summed E-state index contributed by atoms with van der Waals surface area (Å²) >= 11 is 0. The first kappa shape index (κ1) is 12.9. The molecule has 0 amide bonds. The molecule has 1 aliphatic heterocycles. The molecule has 104 valence electrons. The standard InChI is InChI=1S/C16H16FNO2/c17-12-6-4-11(5-7-12)10-14(18)13-2-1-3-15-16(13)20-9-8-19-15/h1-7,14H,8-10,18H2. The van der Waals surface area contributed by atoms with Crippen molar-refractivity contribution in [3.63, 3.8) is 0 Å². The number of ether oxygens (including phenoxy) is 2. The van der Waals surface area contributed by atoms with Crippen molar-refractivity contribution in [1.29, 1.82) is 0 Å².